The molecule has 1 N–H and O–H groups in total. The lowest BCUT2D eigenvalue weighted by Crippen LogP contribution is -2.51. The zero-order chi connectivity index (χ0) is 27.7. The van der Waals surface area contributed by atoms with Gasteiger partial charge in [0.25, 0.3) is 0 Å². The maximum absolute atomic E-state index is 13.8. The molecule has 0 saturated heterocycles. The number of nitrogens with zero attached hydrogens (tertiary/aromatic N) is 1. The Kier molecular flexibility index (Phi) is 10.9. The van der Waals surface area contributed by atoms with Crippen LogP contribution in [0, 0.1) is 0 Å². The lowest BCUT2D eigenvalue weighted by molar-refractivity contribution is -0.141. The number of amides is 2. The predicted molar refractivity (Wildman–Crippen MR) is 152 cm³/mol. The van der Waals surface area contributed by atoms with E-state index in [1.165, 1.54) is 0 Å². The Labute approximate surface area is 234 Å². The molecule has 1 atom stereocenters. The molecule has 0 radical (unpaired) electrons. The molecule has 0 fully saturated rings. The van der Waals surface area contributed by atoms with E-state index in [1.54, 1.807) is 31.3 Å². The number of methoxy groups -OCH3 is 2. The van der Waals surface area contributed by atoms with Gasteiger partial charge in [0.15, 0.2) is 11.5 Å². The van der Waals surface area contributed by atoms with Crippen molar-refractivity contribution >= 4 is 35.0 Å². The van der Waals surface area contributed by atoms with E-state index in [1.807, 2.05) is 68.4 Å². The summed E-state index contributed by atoms with van der Waals surface area (Å²) in [4.78, 5) is 28.9. The van der Waals surface area contributed by atoms with Crippen LogP contribution in [0.4, 0.5) is 0 Å². The smallest absolute Gasteiger partial charge is 0.243 e. The summed E-state index contributed by atoms with van der Waals surface area (Å²) in [5.74, 6) is 0.870. The number of hydrogen-bond donors (Lipinski definition) is 1. The summed E-state index contributed by atoms with van der Waals surface area (Å²) in [7, 11) is 3.16. The highest BCUT2D eigenvalue weighted by Crippen LogP contribution is 2.29. The number of halogens is 2. The summed E-state index contributed by atoms with van der Waals surface area (Å²) in [6.45, 7) is 4.02. The van der Waals surface area contributed by atoms with Crippen molar-refractivity contribution < 1.29 is 19.1 Å². The molecule has 8 heteroatoms. The molecule has 0 heterocycles. The van der Waals surface area contributed by atoms with E-state index in [9.17, 15) is 9.59 Å². The second kappa shape index (κ2) is 14.1. The molecule has 202 valence electrons. The molecule has 0 aromatic heterocycles. The normalized spacial score (nSPS) is 11.7. The van der Waals surface area contributed by atoms with Gasteiger partial charge in [-0.15, -0.1) is 0 Å². The minimum Gasteiger partial charge on any atom is -0.493 e. The van der Waals surface area contributed by atoms with E-state index in [0.29, 0.717) is 34.4 Å². The zero-order valence-electron chi connectivity index (χ0n) is 22.2. The van der Waals surface area contributed by atoms with Crippen LogP contribution in [-0.2, 0) is 29.0 Å². The van der Waals surface area contributed by atoms with Gasteiger partial charge in [-0.25, -0.2) is 0 Å². The molecule has 0 spiro atoms. The van der Waals surface area contributed by atoms with E-state index in [4.69, 9.17) is 32.7 Å². The molecule has 0 bridgehead atoms. The number of ether oxygens (including phenoxy) is 2. The van der Waals surface area contributed by atoms with Crippen LogP contribution in [0.5, 0.6) is 11.5 Å². The highest BCUT2D eigenvalue weighted by Gasteiger charge is 2.30. The van der Waals surface area contributed by atoms with Gasteiger partial charge in [0.2, 0.25) is 11.8 Å². The van der Waals surface area contributed by atoms with E-state index < -0.39 is 6.04 Å². The second-order valence-electron chi connectivity index (χ2n) is 9.33. The van der Waals surface area contributed by atoms with Gasteiger partial charge in [-0.3, -0.25) is 9.59 Å². The SMILES string of the molecule is COc1ccc(CCC(=O)N(Cc2ccc(Cl)c(Cl)c2)[C@@H](Cc2ccccc2)C(=O)NC(C)C)cc1OC. The van der Waals surface area contributed by atoms with Gasteiger partial charge >= 0.3 is 0 Å². The quantitative estimate of drug-likeness (QED) is 0.292. The second-order valence-corrected chi connectivity index (χ2v) is 10.1. The van der Waals surface area contributed by atoms with Crippen molar-refractivity contribution in [3.8, 4) is 11.5 Å². The Hall–Kier alpha value is -3.22. The van der Waals surface area contributed by atoms with Crippen molar-refractivity contribution in [1.29, 1.82) is 0 Å². The standard InChI is InChI=1S/C30H34Cl2N2O4/c1-20(2)33-30(36)26(17-21-8-6-5-7-9-21)34(19-23-10-13-24(31)25(32)16-23)29(35)15-12-22-11-14-27(37-3)28(18-22)38-4/h5-11,13-14,16,18,20,26H,12,15,17,19H2,1-4H3,(H,33,36)/t26-/m0/s1. The Bertz CT molecular complexity index is 1230. The number of carbonyl (C=O) groups is 2. The first-order chi connectivity index (χ1) is 18.2. The van der Waals surface area contributed by atoms with Crippen LogP contribution in [0.25, 0.3) is 0 Å². The molecule has 2 amide bonds. The Balaban J connectivity index is 1.92. The van der Waals surface area contributed by atoms with E-state index in [0.717, 1.165) is 16.7 Å². The highest BCUT2D eigenvalue weighted by molar-refractivity contribution is 6.42. The van der Waals surface area contributed by atoms with Crippen LogP contribution >= 0.6 is 23.2 Å². The minimum absolute atomic E-state index is 0.0746. The number of hydrogen-bond acceptors (Lipinski definition) is 4. The fourth-order valence-electron chi connectivity index (χ4n) is 4.20. The van der Waals surface area contributed by atoms with Gasteiger partial charge in [-0.2, -0.15) is 0 Å². The topological polar surface area (TPSA) is 67.9 Å². The molecule has 0 aliphatic carbocycles. The minimum atomic E-state index is -0.716. The van der Waals surface area contributed by atoms with Gasteiger partial charge < -0.3 is 19.7 Å². The predicted octanol–water partition coefficient (Wildman–Crippen LogP) is 6.11. The van der Waals surface area contributed by atoms with E-state index >= 15 is 0 Å². The lowest BCUT2D eigenvalue weighted by Gasteiger charge is -2.32. The third-order valence-electron chi connectivity index (χ3n) is 6.11. The molecule has 3 aromatic carbocycles. The zero-order valence-corrected chi connectivity index (χ0v) is 23.7. The summed E-state index contributed by atoms with van der Waals surface area (Å²) in [5.41, 5.74) is 2.68. The average Bonchev–Trinajstić information content (AvgIpc) is 2.91. The van der Waals surface area contributed by atoms with Crippen molar-refractivity contribution in [3.05, 3.63) is 93.5 Å². The molecule has 0 aliphatic heterocycles. The summed E-state index contributed by atoms with van der Waals surface area (Å²) >= 11 is 12.4. The fraction of sp³-hybridized carbons (Fsp3) is 0.333. The van der Waals surface area contributed by atoms with Gasteiger partial charge in [0.05, 0.1) is 24.3 Å². The van der Waals surface area contributed by atoms with E-state index in [2.05, 4.69) is 5.32 Å². The number of carbonyl (C=O) groups excluding carboxylic acids is 2. The van der Waals surface area contributed by atoms with Crippen LogP contribution < -0.4 is 14.8 Å². The third kappa shape index (κ3) is 8.14. The molecule has 3 aromatic rings. The van der Waals surface area contributed by atoms with Crippen molar-refractivity contribution in [1.82, 2.24) is 10.2 Å². The summed E-state index contributed by atoms with van der Waals surface area (Å²) in [6, 6.07) is 19.8. The van der Waals surface area contributed by atoms with Crippen molar-refractivity contribution in [3.63, 3.8) is 0 Å². The van der Waals surface area contributed by atoms with Gasteiger partial charge in [0, 0.05) is 25.4 Å². The van der Waals surface area contributed by atoms with E-state index in [-0.39, 0.29) is 30.8 Å². The fourth-order valence-corrected chi connectivity index (χ4v) is 4.52. The molecule has 6 nitrogen and oxygen atoms in total. The lowest BCUT2D eigenvalue weighted by atomic mass is 10.0. The average molecular weight is 558 g/mol. The van der Waals surface area contributed by atoms with Gasteiger partial charge in [-0.05, 0) is 61.2 Å². The van der Waals surface area contributed by atoms with Crippen LogP contribution in [-0.4, -0.2) is 43.0 Å². The third-order valence-corrected chi connectivity index (χ3v) is 6.85. The van der Waals surface area contributed by atoms with Crippen LogP contribution in [0.2, 0.25) is 10.0 Å². The molecule has 0 aliphatic rings. The molecular weight excluding hydrogens is 523 g/mol. The summed E-state index contributed by atoms with van der Waals surface area (Å²) in [5, 5.41) is 3.82. The first-order valence-corrected chi connectivity index (χ1v) is 13.3. The number of benzene rings is 3. The molecular formula is C30H34Cl2N2O4. The largest absolute Gasteiger partial charge is 0.493 e. The van der Waals surface area contributed by atoms with Crippen LogP contribution in [0.15, 0.2) is 66.7 Å². The molecule has 38 heavy (non-hydrogen) atoms. The first-order valence-electron chi connectivity index (χ1n) is 12.5. The summed E-state index contributed by atoms with van der Waals surface area (Å²) in [6.07, 6.45) is 1.06. The Morgan fingerprint density at radius 3 is 2.16 bits per heavy atom. The van der Waals surface area contributed by atoms with Crippen molar-refractivity contribution in [2.75, 3.05) is 14.2 Å². The van der Waals surface area contributed by atoms with Crippen molar-refractivity contribution in [2.24, 2.45) is 0 Å². The Morgan fingerprint density at radius 1 is 0.842 bits per heavy atom. The molecule has 0 unspecified atom stereocenters. The van der Waals surface area contributed by atoms with Crippen LogP contribution in [0.3, 0.4) is 0 Å². The summed E-state index contributed by atoms with van der Waals surface area (Å²) < 4.78 is 10.7. The Morgan fingerprint density at radius 2 is 1.53 bits per heavy atom. The van der Waals surface area contributed by atoms with Crippen molar-refractivity contribution in [2.45, 2.75) is 51.7 Å². The monoisotopic (exact) mass is 556 g/mol. The molecule has 0 saturated carbocycles. The van der Waals surface area contributed by atoms with Crippen LogP contribution in [0.1, 0.15) is 37.0 Å². The number of nitrogens with one attached hydrogen (secondary N) is 1. The number of aryl methyl sites for hydroxylation is 1. The first kappa shape index (κ1) is 29.3. The maximum Gasteiger partial charge on any atom is 0.243 e. The number of rotatable bonds is 12. The van der Waals surface area contributed by atoms with Gasteiger partial charge in [-0.1, -0.05) is 65.7 Å². The highest BCUT2D eigenvalue weighted by atomic mass is 35.5. The maximum atomic E-state index is 13.8. The van der Waals surface area contributed by atoms with Gasteiger partial charge in [0.1, 0.15) is 6.04 Å². The molecule has 3 rings (SSSR count).